The number of thiocarbonyl (C=S) groups is 1. The van der Waals surface area contributed by atoms with Gasteiger partial charge < -0.3 is 19.2 Å². The van der Waals surface area contributed by atoms with Crippen molar-refractivity contribution in [1.29, 1.82) is 0 Å². The third-order valence-electron chi connectivity index (χ3n) is 4.75. The standard InChI is InChI=1S/C20H15N3O4S/c24-19-13(7-12-3-1-2-4-16(12)27-19)15-9-14(21-20(28)23-22-15)11-5-6-17-18(8-11)26-10-25-17/h1-8,14H,9-10H2,(H2,21,23,28)/t14-/m0/s1. The van der Waals surface area contributed by atoms with E-state index in [1.165, 1.54) is 0 Å². The van der Waals surface area contributed by atoms with E-state index in [2.05, 4.69) is 15.8 Å². The normalized spacial score (nSPS) is 18.2. The first-order chi connectivity index (χ1) is 13.7. The van der Waals surface area contributed by atoms with Gasteiger partial charge in [-0.1, -0.05) is 24.3 Å². The van der Waals surface area contributed by atoms with Crippen molar-refractivity contribution in [2.45, 2.75) is 12.5 Å². The summed E-state index contributed by atoms with van der Waals surface area (Å²) in [6.07, 6.45) is 0.440. The molecule has 2 aromatic carbocycles. The lowest BCUT2D eigenvalue weighted by Crippen LogP contribution is -2.33. The van der Waals surface area contributed by atoms with Gasteiger partial charge in [0.1, 0.15) is 5.58 Å². The van der Waals surface area contributed by atoms with Crippen LogP contribution in [0.25, 0.3) is 11.0 Å². The summed E-state index contributed by atoms with van der Waals surface area (Å²) < 4.78 is 16.3. The minimum atomic E-state index is -0.434. The summed E-state index contributed by atoms with van der Waals surface area (Å²) in [5.74, 6) is 1.40. The minimum absolute atomic E-state index is 0.193. The number of nitrogens with one attached hydrogen (secondary N) is 2. The largest absolute Gasteiger partial charge is 0.454 e. The van der Waals surface area contributed by atoms with E-state index in [0.717, 1.165) is 10.9 Å². The molecule has 140 valence electrons. The molecule has 28 heavy (non-hydrogen) atoms. The monoisotopic (exact) mass is 393 g/mol. The maximum atomic E-state index is 12.6. The van der Waals surface area contributed by atoms with Gasteiger partial charge in [-0.3, -0.25) is 5.43 Å². The average Bonchev–Trinajstić information content (AvgIpc) is 3.09. The third kappa shape index (κ3) is 2.97. The fourth-order valence-corrected chi connectivity index (χ4v) is 3.55. The van der Waals surface area contributed by atoms with Crippen molar-refractivity contribution < 1.29 is 13.9 Å². The van der Waals surface area contributed by atoms with Crippen molar-refractivity contribution >= 4 is 34.0 Å². The topological polar surface area (TPSA) is 85.1 Å². The number of para-hydroxylation sites is 1. The van der Waals surface area contributed by atoms with Gasteiger partial charge in [-0.25, -0.2) is 4.79 Å². The van der Waals surface area contributed by atoms with Gasteiger partial charge in [0, 0.05) is 11.8 Å². The smallest absolute Gasteiger partial charge is 0.345 e. The van der Waals surface area contributed by atoms with Crippen LogP contribution in [0.4, 0.5) is 0 Å². The Morgan fingerprint density at radius 2 is 1.93 bits per heavy atom. The second-order valence-electron chi connectivity index (χ2n) is 6.50. The molecular weight excluding hydrogens is 378 g/mol. The van der Waals surface area contributed by atoms with Crippen LogP contribution in [-0.2, 0) is 0 Å². The van der Waals surface area contributed by atoms with Crippen LogP contribution < -0.4 is 25.8 Å². The molecule has 7 nitrogen and oxygen atoms in total. The Kier molecular flexibility index (Phi) is 3.98. The fraction of sp³-hybridized carbons (Fsp3) is 0.150. The van der Waals surface area contributed by atoms with Gasteiger partial charge in [0.05, 0.1) is 17.3 Å². The van der Waals surface area contributed by atoms with E-state index in [1.54, 1.807) is 12.1 Å². The molecule has 1 atom stereocenters. The van der Waals surface area contributed by atoms with Crippen LogP contribution in [0.1, 0.15) is 23.6 Å². The summed E-state index contributed by atoms with van der Waals surface area (Å²) in [7, 11) is 0. The summed E-state index contributed by atoms with van der Waals surface area (Å²) >= 11 is 5.29. The Bertz CT molecular complexity index is 1190. The van der Waals surface area contributed by atoms with Crippen LogP contribution in [0.15, 0.2) is 62.8 Å². The predicted molar refractivity (Wildman–Crippen MR) is 108 cm³/mol. The zero-order valence-corrected chi connectivity index (χ0v) is 15.4. The first-order valence-electron chi connectivity index (χ1n) is 8.73. The Morgan fingerprint density at radius 3 is 2.86 bits per heavy atom. The van der Waals surface area contributed by atoms with Crippen LogP contribution >= 0.6 is 12.2 Å². The molecule has 3 aromatic rings. The molecule has 2 N–H and O–H groups in total. The third-order valence-corrected chi connectivity index (χ3v) is 4.96. The van der Waals surface area contributed by atoms with Crippen molar-refractivity contribution in [2.24, 2.45) is 5.10 Å². The first kappa shape index (κ1) is 16.8. The highest BCUT2D eigenvalue weighted by Crippen LogP contribution is 2.35. The molecule has 2 aliphatic rings. The lowest BCUT2D eigenvalue weighted by atomic mass is 9.97. The van der Waals surface area contributed by atoms with Crippen molar-refractivity contribution in [3.63, 3.8) is 0 Å². The number of nitrogens with zero attached hydrogens (tertiary/aromatic N) is 1. The molecule has 0 spiro atoms. The van der Waals surface area contributed by atoms with Crippen LogP contribution in [0.5, 0.6) is 11.5 Å². The molecule has 0 saturated heterocycles. The number of fused-ring (bicyclic) bond motifs is 2. The van der Waals surface area contributed by atoms with E-state index < -0.39 is 5.63 Å². The summed E-state index contributed by atoms with van der Waals surface area (Å²) in [4.78, 5) is 12.6. The average molecular weight is 393 g/mol. The van der Waals surface area contributed by atoms with Gasteiger partial charge in [0.25, 0.3) is 0 Å². The van der Waals surface area contributed by atoms with Gasteiger partial charge in [-0.15, -0.1) is 0 Å². The van der Waals surface area contributed by atoms with Crippen LogP contribution in [-0.4, -0.2) is 17.6 Å². The second kappa shape index (κ2) is 6.65. The van der Waals surface area contributed by atoms with E-state index in [4.69, 9.17) is 26.1 Å². The van der Waals surface area contributed by atoms with E-state index in [0.29, 0.717) is 39.9 Å². The number of hydrogen-bond donors (Lipinski definition) is 2. The van der Waals surface area contributed by atoms with Gasteiger partial charge in [0.15, 0.2) is 16.6 Å². The molecular formula is C20H15N3O4S. The molecule has 0 radical (unpaired) electrons. The van der Waals surface area contributed by atoms with E-state index >= 15 is 0 Å². The van der Waals surface area contributed by atoms with Gasteiger partial charge >= 0.3 is 5.63 Å². The molecule has 0 aliphatic carbocycles. The number of ether oxygens (including phenoxy) is 2. The molecule has 0 unspecified atom stereocenters. The molecule has 0 fully saturated rings. The zero-order chi connectivity index (χ0) is 19.1. The summed E-state index contributed by atoms with van der Waals surface area (Å²) in [5, 5.41) is 8.77. The number of hydrogen-bond acceptors (Lipinski definition) is 6. The van der Waals surface area contributed by atoms with Crippen LogP contribution in [0.3, 0.4) is 0 Å². The minimum Gasteiger partial charge on any atom is -0.454 e. The first-order valence-corrected chi connectivity index (χ1v) is 9.14. The highest BCUT2D eigenvalue weighted by atomic mass is 32.1. The number of benzene rings is 2. The molecule has 0 bridgehead atoms. The molecule has 3 heterocycles. The molecule has 0 amide bonds. The number of hydrazone groups is 1. The van der Waals surface area contributed by atoms with Gasteiger partial charge in [-0.05, 0) is 42.0 Å². The number of rotatable bonds is 2. The van der Waals surface area contributed by atoms with Crippen molar-refractivity contribution in [3.05, 3.63) is 70.1 Å². The van der Waals surface area contributed by atoms with E-state index in [-0.39, 0.29) is 12.8 Å². The lowest BCUT2D eigenvalue weighted by molar-refractivity contribution is 0.174. The van der Waals surface area contributed by atoms with Crippen LogP contribution in [0.2, 0.25) is 0 Å². The van der Waals surface area contributed by atoms with Crippen molar-refractivity contribution in [3.8, 4) is 11.5 Å². The maximum absolute atomic E-state index is 12.6. The fourth-order valence-electron chi connectivity index (χ4n) is 3.36. The molecule has 1 aromatic heterocycles. The van der Waals surface area contributed by atoms with Gasteiger partial charge in [0.2, 0.25) is 6.79 Å². The molecule has 0 saturated carbocycles. The van der Waals surface area contributed by atoms with E-state index in [1.807, 2.05) is 36.4 Å². The van der Waals surface area contributed by atoms with E-state index in [9.17, 15) is 4.79 Å². The summed E-state index contributed by atoms with van der Waals surface area (Å²) in [6, 6.07) is 14.7. The lowest BCUT2D eigenvalue weighted by Gasteiger charge is -2.18. The Labute approximate surface area is 165 Å². The Hall–Kier alpha value is -3.39. The highest BCUT2D eigenvalue weighted by molar-refractivity contribution is 7.80. The zero-order valence-electron chi connectivity index (χ0n) is 14.6. The van der Waals surface area contributed by atoms with Crippen molar-refractivity contribution in [1.82, 2.24) is 10.7 Å². The highest BCUT2D eigenvalue weighted by Gasteiger charge is 2.24. The second-order valence-corrected chi connectivity index (χ2v) is 6.91. The van der Waals surface area contributed by atoms with Crippen molar-refractivity contribution in [2.75, 3.05) is 6.79 Å². The Morgan fingerprint density at radius 1 is 1.07 bits per heavy atom. The molecule has 8 heteroatoms. The van der Waals surface area contributed by atoms with Gasteiger partial charge in [-0.2, -0.15) is 5.10 Å². The Balaban J connectivity index is 1.54. The molecule has 2 aliphatic heterocycles. The summed E-state index contributed by atoms with van der Waals surface area (Å²) in [6.45, 7) is 0.210. The maximum Gasteiger partial charge on any atom is 0.345 e. The SMILES string of the molecule is O=c1oc2ccccc2cc1C1=NNC(=S)N[C@H](c2ccc3c(c2)OCO3)C1. The predicted octanol–water partition coefficient (Wildman–Crippen LogP) is 2.83. The molecule has 5 rings (SSSR count). The summed E-state index contributed by atoms with van der Waals surface area (Å²) in [5.41, 5.74) is 4.82. The van der Waals surface area contributed by atoms with Crippen LogP contribution in [0, 0.1) is 0 Å². The quantitative estimate of drug-likeness (QED) is 0.512.